The van der Waals surface area contributed by atoms with Crippen LogP contribution >= 0.6 is 11.3 Å². The highest BCUT2D eigenvalue weighted by Crippen LogP contribution is 2.43. The first-order valence-corrected chi connectivity index (χ1v) is 17.1. The number of hydrogen-bond donors (Lipinski definition) is 0. The molecule has 4 nitrogen and oxygen atoms in total. The molecule has 0 fully saturated rings. The monoisotopic (exact) mass is 661 g/mol. The van der Waals surface area contributed by atoms with Crippen LogP contribution in [0, 0.1) is 0 Å². The second kappa shape index (κ2) is 11.6. The van der Waals surface area contributed by atoms with Crippen molar-refractivity contribution in [1.29, 1.82) is 0 Å². The molecule has 0 aliphatic carbocycles. The Labute approximate surface area is 299 Å². The van der Waals surface area contributed by atoms with E-state index in [1.807, 2.05) is 65.9 Å². The molecule has 0 saturated heterocycles. The molecule has 0 bridgehead atoms. The second-order valence-electron chi connectivity index (χ2n) is 12.1. The van der Waals surface area contributed by atoms with Crippen molar-refractivity contribution in [2.24, 2.45) is 0 Å². The minimum absolute atomic E-state index is 0.00682. The van der Waals surface area contributed by atoms with E-state index in [1.165, 1.54) is 30.9 Å². The number of thiophene rings is 1. The highest BCUT2D eigenvalue weighted by atomic mass is 32.1. The molecule has 0 unspecified atom stereocenters. The first-order valence-electron chi connectivity index (χ1n) is 18.8. The Bertz CT molecular complexity index is 3150. The Balaban J connectivity index is 1.12. The van der Waals surface area contributed by atoms with E-state index >= 15 is 0 Å². The first-order chi connectivity index (χ1) is 26.9. The molecule has 10 rings (SSSR count). The van der Waals surface area contributed by atoms with E-state index in [9.17, 15) is 0 Å². The summed E-state index contributed by atoms with van der Waals surface area (Å²) in [6.45, 7) is 0. The quantitative estimate of drug-likeness (QED) is 0.184. The maximum absolute atomic E-state index is 8.64. The van der Waals surface area contributed by atoms with Gasteiger partial charge in [0, 0.05) is 53.3 Å². The Morgan fingerprint density at radius 2 is 1.10 bits per heavy atom. The molecule has 7 aromatic carbocycles. The molecule has 3 aromatic heterocycles. The third-order valence-corrected chi connectivity index (χ3v) is 10.3. The molecule has 0 amide bonds. The molecular weight excluding hydrogens is 629 g/mol. The molecule has 0 saturated carbocycles. The summed E-state index contributed by atoms with van der Waals surface area (Å²) in [5.41, 5.74) is 6.58. The van der Waals surface area contributed by atoms with E-state index in [1.54, 1.807) is 0 Å². The minimum Gasteiger partial charge on any atom is -0.309 e. The normalized spacial score (nSPS) is 13.0. The van der Waals surface area contributed by atoms with Crippen molar-refractivity contribution >= 4 is 53.3 Å². The van der Waals surface area contributed by atoms with Crippen LogP contribution in [0.5, 0.6) is 0 Å². The summed E-state index contributed by atoms with van der Waals surface area (Å²) in [5.74, 6) is 0.662. The molecule has 0 aliphatic heterocycles. The van der Waals surface area contributed by atoms with Gasteiger partial charge in [0.15, 0.2) is 17.5 Å². The van der Waals surface area contributed by atoms with Gasteiger partial charge in [0.1, 0.15) is 0 Å². The van der Waals surface area contributed by atoms with Gasteiger partial charge in [-0.15, -0.1) is 11.3 Å². The zero-order chi connectivity index (χ0) is 37.4. The van der Waals surface area contributed by atoms with Crippen LogP contribution in [0.2, 0.25) is 0 Å². The van der Waals surface area contributed by atoms with E-state index in [2.05, 4.69) is 94.5 Å². The van der Waals surface area contributed by atoms with Crippen LogP contribution in [0.25, 0.3) is 93.0 Å². The molecule has 10 aromatic rings. The van der Waals surface area contributed by atoms with Gasteiger partial charge in [0.05, 0.1) is 17.9 Å². The van der Waals surface area contributed by atoms with Crippen LogP contribution in [-0.2, 0) is 0 Å². The second-order valence-corrected chi connectivity index (χ2v) is 13.1. The lowest BCUT2D eigenvalue weighted by atomic mass is 10.0. The van der Waals surface area contributed by atoms with Crippen LogP contribution in [0.1, 0.15) is 6.85 Å². The lowest BCUT2D eigenvalue weighted by molar-refractivity contribution is 1.07. The summed E-state index contributed by atoms with van der Waals surface area (Å²) in [6, 6.07) is 45.3. The lowest BCUT2D eigenvalue weighted by Crippen LogP contribution is -2.00. The molecule has 0 radical (unpaired) electrons. The molecule has 5 heteroatoms. The van der Waals surface area contributed by atoms with Gasteiger partial charge in [-0.2, -0.15) is 0 Å². The maximum Gasteiger partial charge on any atom is 0.164 e. The maximum atomic E-state index is 8.64. The molecule has 0 spiro atoms. The minimum atomic E-state index is -0.472. The van der Waals surface area contributed by atoms with Gasteiger partial charge >= 0.3 is 0 Å². The summed E-state index contributed by atoms with van der Waals surface area (Å²) >= 11 is 1.84. The number of nitrogens with zero attached hydrogens (tertiary/aromatic N) is 4. The highest BCUT2D eigenvalue weighted by molar-refractivity contribution is 7.26. The van der Waals surface area contributed by atoms with E-state index in [4.69, 9.17) is 16.8 Å². The van der Waals surface area contributed by atoms with E-state index < -0.39 is 18.1 Å². The zero-order valence-corrected chi connectivity index (χ0v) is 27.3. The topological polar surface area (TPSA) is 43.6 Å². The van der Waals surface area contributed by atoms with Crippen LogP contribution < -0.4 is 0 Å². The Morgan fingerprint density at radius 1 is 0.460 bits per heavy atom. The van der Waals surface area contributed by atoms with Gasteiger partial charge < -0.3 is 4.57 Å². The average molecular weight is 662 g/mol. The van der Waals surface area contributed by atoms with Crippen molar-refractivity contribution in [3.8, 4) is 51.0 Å². The fraction of sp³-hybridized carbons (Fsp3) is 0. The van der Waals surface area contributed by atoms with Crippen molar-refractivity contribution in [2.45, 2.75) is 0 Å². The van der Waals surface area contributed by atoms with E-state index in [0.29, 0.717) is 22.8 Å². The molecule has 0 atom stereocenters. The van der Waals surface area contributed by atoms with Crippen LogP contribution in [-0.4, -0.2) is 19.5 Å². The van der Waals surface area contributed by atoms with Crippen molar-refractivity contribution in [2.75, 3.05) is 0 Å². The largest absolute Gasteiger partial charge is 0.309 e. The smallest absolute Gasteiger partial charge is 0.164 e. The summed E-state index contributed by atoms with van der Waals surface area (Å²) in [5, 5.41) is 5.00. The van der Waals surface area contributed by atoms with Gasteiger partial charge in [0.2, 0.25) is 0 Å². The molecule has 0 aliphatic rings. The van der Waals surface area contributed by atoms with Crippen LogP contribution in [0.4, 0.5) is 0 Å². The van der Waals surface area contributed by atoms with Crippen molar-refractivity contribution < 1.29 is 6.85 Å². The molecule has 0 N–H and O–H groups in total. The number of para-hydroxylation sites is 1. The molecule has 50 heavy (non-hydrogen) atoms. The van der Waals surface area contributed by atoms with Gasteiger partial charge in [-0.1, -0.05) is 133 Å². The summed E-state index contributed by atoms with van der Waals surface area (Å²) in [6.07, 6.45) is 0. The third kappa shape index (κ3) is 4.71. The lowest BCUT2D eigenvalue weighted by Gasteiger charge is -2.12. The molecule has 234 valence electrons. The van der Waals surface area contributed by atoms with E-state index in [0.717, 1.165) is 27.8 Å². The van der Waals surface area contributed by atoms with Gasteiger partial charge in [-0.25, -0.2) is 15.0 Å². The van der Waals surface area contributed by atoms with E-state index in [-0.39, 0.29) is 23.5 Å². The van der Waals surface area contributed by atoms with Crippen molar-refractivity contribution in [1.82, 2.24) is 19.5 Å². The van der Waals surface area contributed by atoms with Crippen LogP contribution in [0.15, 0.2) is 170 Å². The Kier molecular flexibility index (Phi) is 5.54. The Morgan fingerprint density at radius 3 is 1.94 bits per heavy atom. The summed E-state index contributed by atoms with van der Waals surface area (Å²) in [7, 11) is 0. The fourth-order valence-corrected chi connectivity index (χ4v) is 8.13. The number of aromatic nitrogens is 4. The molecular formula is C45H28N4S. The first kappa shape index (κ1) is 23.8. The number of hydrogen-bond acceptors (Lipinski definition) is 4. The fourth-order valence-electron chi connectivity index (χ4n) is 6.87. The number of benzene rings is 7. The molecule has 3 heterocycles. The standard InChI is InChI=1S/C45H28N4S/c1-3-13-29(14-4-1)43-46-44(30-15-5-2-6-16-30)48-45(47-43)33-19-11-17-31(27-33)32-18-12-20-34(28-32)49-38-23-9-7-22-37(38)41-39(49)26-25-36-35-21-8-10-24-40(35)50-42(36)41/h1-28H/i1D,3D,4D,13D,14D. The van der Waals surface area contributed by atoms with Gasteiger partial charge in [-0.05, 0) is 47.5 Å². The zero-order valence-electron chi connectivity index (χ0n) is 31.5. The number of rotatable bonds is 5. The van der Waals surface area contributed by atoms with Gasteiger partial charge in [-0.3, -0.25) is 0 Å². The Hall–Kier alpha value is -6.43. The average Bonchev–Trinajstić information content (AvgIpc) is 3.78. The summed E-state index contributed by atoms with van der Waals surface area (Å²) < 4.78 is 46.8. The van der Waals surface area contributed by atoms with Crippen LogP contribution in [0.3, 0.4) is 0 Å². The van der Waals surface area contributed by atoms with Crippen molar-refractivity contribution in [3.63, 3.8) is 0 Å². The third-order valence-electron chi connectivity index (χ3n) is 9.13. The van der Waals surface area contributed by atoms with Crippen molar-refractivity contribution in [3.05, 3.63) is 170 Å². The summed E-state index contributed by atoms with van der Waals surface area (Å²) in [4.78, 5) is 14.2. The van der Waals surface area contributed by atoms with Gasteiger partial charge in [0.25, 0.3) is 0 Å². The predicted octanol–water partition coefficient (Wildman–Crippen LogP) is 12.0. The highest BCUT2D eigenvalue weighted by Gasteiger charge is 2.18. The predicted molar refractivity (Wildman–Crippen MR) is 209 cm³/mol. The SMILES string of the molecule is [2H]c1c([2H])c([2H])c(-c2nc(-c3ccccc3)nc(-c3cccc(-c4cccc(-n5c6ccccc6c6c7sc8ccccc8c7ccc65)c4)c3)n2)c([2H])c1[2H]. The number of fused-ring (bicyclic) bond motifs is 7.